The van der Waals surface area contributed by atoms with Gasteiger partial charge in [-0.25, -0.2) is 9.59 Å². The number of nitrogens with one attached hydrogen (secondary N) is 1. The van der Waals surface area contributed by atoms with E-state index in [1.807, 2.05) is 95.0 Å². The molecule has 2 aromatic rings. The van der Waals surface area contributed by atoms with Gasteiger partial charge in [-0.05, 0) is 70.4 Å². The van der Waals surface area contributed by atoms with Crippen molar-refractivity contribution in [2.24, 2.45) is 5.92 Å². The van der Waals surface area contributed by atoms with Gasteiger partial charge in [0.2, 0.25) is 5.91 Å². The van der Waals surface area contributed by atoms with Crippen molar-refractivity contribution in [2.75, 3.05) is 19.0 Å². The molecule has 1 N–H and O–H groups in total. The Bertz CT molecular complexity index is 1240. The molecule has 1 fully saturated rings. The van der Waals surface area contributed by atoms with Crippen molar-refractivity contribution in [3.05, 3.63) is 65.7 Å². The fourth-order valence-electron chi connectivity index (χ4n) is 6.03. The summed E-state index contributed by atoms with van der Waals surface area (Å²) in [5, 5.41) is 3.01. The molecule has 2 aliphatic rings. The van der Waals surface area contributed by atoms with Crippen LogP contribution in [0.2, 0.25) is 19.6 Å². The first-order valence-electron chi connectivity index (χ1n) is 13.4. The third-order valence-corrected chi connectivity index (χ3v) is 8.39. The number of rotatable bonds is 8. The molecule has 210 valence electrons. The Labute approximate surface area is 232 Å². The predicted molar refractivity (Wildman–Crippen MR) is 152 cm³/mol. The van der Waals surface area contributed by atoms with Gasteiger partial charge in [0.05, 0.1) is 13.0 Å². The van der Waals surface area contributed by atoms with Gasteiger partial charge < -0.3 is 24.1 Å². The normalized spacial score (nSPS) is 24.0. The highest BCUT2D eigenvalue weighted by molar-refractivity contribution is 6.70. The molecule has 0 bridgehead atoms. The van der Waals surface area contributed by atoms with E-state index in [1.165, 1.54) is 7.11 Å². The van der Waals surface area contributed by atoms with Crippen molar-refractivity contribution in [3.8, 4) is 0 Å². The van der Waals surface area contributed by atoms with E-state index in [-0.39, 0.29) is 18.9 Å². The van der Waals surface area contributed by atoms with Gasteiger partial charge in [-0.2, -0.15) is 0 Å². The van der Waals surface area contributed by atoms with Crippen molar-refractivity contribution in [2.45, 2.75) is 76.4 Å². The summed E-state index contributed by atoms with van der Waals surface area (Å²) in [6.45, 7) is 12.1. The number of carbonyl (C=O) groups is 3. The maximum Gasteiger partial charge on any atom is 0.410 e. The third kappa shape index (κ3) is 5.47. The number of fused-ring (bicyclic) bond motifs is 3. The zero-order valence-corrected chi connectivity index (χ0v) is 25.0. The number of ether oxygens (including phenoxy) is 2. The van der Waals surface area contributed by atoms with Crippen molar-refractivity contribution >= 4 is 32.0 Å². The van der Waals surface area contributed by atoms with Crippen LogP contribution in [0.4, 0.5) is 10.5 Å². The summed E-state index contributed by atoms with van der Waals surface area (Å²) in [7, 11) is -0.959. The number of hydrogen-bond acceptors (Lipinski definition) is 6. The summed E-state index contributed by atoms with van der Waals surface area (Å²) >= 11 is 0. The zero-order valence-electron chi connectivity index (χ0n) is 24.0. The second-order valence-corrected chi connectivity index (χ2v) is 16.9. The van der Waals surface area contributed by atoms with Gasteiger partial charge in [0, 0.05) is 24.2 Å². The van der Waals surface area contributed by atoms with E-state index in [4.69, 9.17) is 13.9 Å². The second kappa shape index (κ2) is 10.4. The molecule has 0 radical (unpaired) electrons. The largest absolute Gasteiger partial charge is 0.467 e. The van der Waals surface area contributed by atoms with Gasteiger partial charge in [-0.1, -0.05) is 48.5 Å². The van der Waals surface area contributed by atoms with E-state index in [0.29, 0.717) is 18.7 Å². The Morgan fingerprint density at radius 3 is 2.31 bits per heavy atom. The molecule has 4 rings (SSSR count). The Balaban J connectivity index is 1.81. The first kappa shape index (κ1) is 28.8. The van der Waals surface area contributed by atoms with Gasteiger partial charge in [-0.3, -0.25) is 4.79 Å². The van der Waals surface area contributed by atoms with E-state index in [2.05, 4.69) is 5.32 Å². The highest BCUT2D eigenvalue weighted by Crippen LogP contribution is 2.64. The fourth-order valence-corrected chi connectivity index (χ4v) is 7.43. The number of methoxy groups -OCH3 is 1. The lowest BCUT2D eigenvalue weighted by atomic mass is 9.44. The molecule has 0 aromatic heterocycles. The number of carbonyl (C=O) groups excluding carboxylic acids is 3. The number of nitrogens with zero attached hydrogens (tertiary/aromatic N) is 1. The summed E-state index contributed by atoms with van der Waals surface area (Å²) in [6.07, 6.45) is 0.0742. The third-order valence-electron chi connectivity index (χ3n) is 7.43. The van der Waals surface area contributed by atoms with Crippen LogP contribution in [0.25, 0.3) is 0 Å². The minimum atomic E-state index is -2.32. The van der Waals surface area contributed by atoms with Crippen LogP contribution in [0.15, 0.2) is 54.6 Å². The van der Waals surface area contributed by atoms with Gasteiger partial charge in [0.1, 0.15) is 5.60 Å². The van der Waals surface area contributed by atoms with Crippen molar-refractivity contribution in [1.29, 1.82) is 0 Å². The average molecular weight is 553 g/mol. The molecule has 2 aromatic carbocycles. The van der Waals surface area contributed by atoms with Gasteiger partial charge in [0.15, 0.2) is 13.9 Å². The molecule has 1 heterocycles. The number of amides is 2. The molecule has 0 spiro atoms. The van der Waals surface area contributed by atoms with Crippen molar-refractivity contribution in [3.63, 3.8) is 0 Å². The van der Waals surface area contributed by atoms with Gasteiger partial charge in [-0.15, -0.1) is 0 Å². The molecule has 39 heavy (non-hydrogen) atoms. The molecule has 2 amide bonds. The van der Waals surface area contributed by atoms with E-state index < -0.39 is 42.9 Å². The lowest BCUT2D eigenvalue weighted by molar-refractivity contribution is -0.201. The van der Waals surface area contributed by atoms with Crippen molar-refractivity contribution < 1.29 is 28.3 Å². The quantitative estimate of drug-likeness (QED) is 0.344. The van der Waals surface area contributed by atoms with E-state index in [1.54, 1.807) is 4.90 Å². The maximum atomic E-state index is 13.7. The Kier molecular flexibility index (Phi) is 7.71. The van der Waals surface area contributed by atoms with Crippen LogP contribution in [-0.2, 0) is 35.4 Å². The molecular formula is C30H40N2O6Si. The second-order valence-electron chi connectivity index (χ2n) is 12.4. The van der Waals surface area contributed by atoms with E-state index >= 15 is 0 Å². The van der Waals surface area contributed by atoms with Crippen LogP contribution in [0.1, 0.15) is 44.7 Å². The van der Waals surface area contributed by atoms with Crippen LogP contribution in [0.5, 0.6) is 0 Å². The summed E-state index contributed by atoms with van der Waals surface area (Å²) in [5.74, 6) is -1.16. The van der Waals surface area contributed by atoms with E-state index in [0.717, 1.165) is 11.1 Å². The van der Waals surface area contributed by atoms with Crippen LogP contribution in [0, 0.1) is 5.92 Å². The average Bonchev–Trinajstić information content (AvgIpc) is 2.84. The molecule has 1 saturated carbocycles. The first-order valence-corrected chi connectivity index (χ1v) is 16.8. The number of esters is 1. The lowest BCUT2D eigenvalue weighted by Crippen LogP contribution is -2.77. The lowest BCUT2D eigenvalue weighted by Gasteiger charge is -2.64. The van der Waals surface area contributed by atoms with Crippen molar-refractivity contribution in [1.82, 2.24) is 4.90 Å². The molecular weight excluding hydrogens is 512 g/mol. The molecule has 1 aliphatic carbocycles. The van der Waals surface area contributed by atoms with Crippen LogP contribution in [0.3, 0.4) is 0 Å². The highest BCUT2D eigenvalue weighted by atomic mass is 28.4. The molecule has 8 nitrogen and oxygen atoms in total. The molecule has 0 unspecified atom stereocenters. The SMILES string of the molecule is COC(=O)[C@@]1(O[Si](C)(C)C)C[C@@H]2C(=O)Nc3ccccc3[C@@]21CCN(Cc1ccccc1)C(=O)OC(C)(C)C. The Morgan fingerprint density at radius 1 is 1.05 bits per heavy atom. The number of benzene rings is 2. The minimum Gasteiger partial charge on any atom is -0.467 e. The monoisotopic (exact) mass is 552 g/mol. The Hall–Kier alpha value is -3.17. The summed E-state index contributed by atoms with van der Waals surface area (Å²) in [6, 6.07) is 17.2. The summed E-state index contributed by atoms with van der Waals surface area (Å²) in [4.78, 5) is 42.2. The first-order chi connectivity index (χ1) is 18.2. The predicted octanol–water partition coefficient (Wildman–Crippen LogP) is 5.49. The molecule has 1 aliphatic heterocycles. The number of para-hydroxylation sites is 1. The highest BCUT2D eigenvalue weighted by Gasteiger charge is 2.75. The number of hydrogen-bond donors (Lipinski definition) is 1. The molecule has 0 saturated heterocycles. The minimum absolute atomic E-state index is 0.153. The Morgan fingerprint density at radius 2 is 1.69 bits per heavy atom. The standard InChI is InChI=1S/C30H40N2O6Si/c1-28(2,3)37-27(35)32(20-21-13-9-8-10-14-21)18-17-29-22-15-11-12-16-24(22)31-25(33)23(29)19-30(29,26(34)36-4)38-39(5,6)7/h8-16,23H,17-20H2,1-7H3,(H,31,33)/t23-,29+,30+/m1/s1. The number of anilines is 1. The maximum absolute atomic E-state index is 13.7. The molecule has 3 atom stereocenters. The van der Waals surface area contributed by atoms with Gasteiger partial charge >= 0.3 is 12.1 Å². The van der Waals surface area contributed by atoms with Crippen LogP contribution in [-0.4, -0.2) is 56.0 Å². The summed E-state index contributed by atoms with van der Waals surface area (Å²) in [5.41, 5.74) is -0.624. The topological polar surface area (TPSA) is 94.2 Å². The van der Waals surface area contributed by atoms with Crippen LogP contribution >= 0.6 is 0 Å². The zero-order chi connectivity index (χ0) is 28.6. The van der Waals surface area contributed by atoms with Gasteiger partial charge in [0.25, 0.3) is 0 Å². The van der Waals surface area contributed by atoms with Crippen LogP contribution < -0.4 is 5.32 Å². The summed E-state index contributed by atoms with van der Waals surface area (Å²) < 4.78 is 17.9. The van der Waals surface area contributed by atoms with E-state index in [9.17, 15) is 14.4 Å². The smallest absolute Gasteiger partial charge is 0.410 e. The molecule has 9 heteroatoms. The fraction of sp³-hybridized carbons (Fsp3) is 0.500.